The average molecular weight is 446 g/mol. The number of aryl methyl sites for hydroxylation is 4. The monoisotopic (exact) mass is 445 g/mol. The zero-order chi connectivity index (χ0) is 23.4. The molecule has 3 aromatic rings. The van der Waals surface area contributed by atoms with Gasteiger partial charge in [0.2, 0.25) is 0 Å². The second-order valence-corrected chi connectivity index (χ2v) is 8.43. The molecule has 1 N–H and O–H groups in total. The first-order valence-electron chi connectivity index (χ1n) is 11.0. The average Bonchev–Trinajstić information content (AvgIpc) is 3.24. The topological polar surface area (TPSA) is 125 Å². The molecular formula is C22H31N5O5. The molecule has 0 radical (unpaired) electrons. The van der Waals surface area contributed by atoms with Crippen LogP contribution in [0.15, 0.2) is 14.1 Å². The number of H-pyrrole nitrogens is 1. The summed E-state index contributed by atoms with van der Waals surface area (Å²) < 4.78 is 13.8. The normalized spacial score (nSPS) is 11.6. The van der Waals surface area contributed by atoms with Crippen molar-refractivity contribution in [2.45, 2.75) is 80.0 Å². The number of hydrogen-bond acceptors (Lipinski definition) is 7. The fourth-order valence-corrected chi connectivity index (χ4v) is 3.64. The molecule has 10 heteroatoms. The van der Waals surface area contributed by atoms with E-state index in [1.54, 1.807) is 13.8 Å². The molecule has 3 heterocycles. The Balaban J connectivity index is 1.86. The molecule has 32 heavy (non-hydrogen) atoms. The molecular weight excluding hydrogens is 414 g/mol. The van der Waals surface area contributed by atoms with Crippen LogP contribution in [-0.2, 0) is 35.6 Å². The Bertz CT molecular complexity index is 1190. The van der Waals surface area contributed by atoms with Crippen LogP contribution in [0.1, 0.15) is 62.9 Å². The number of esters is 1. The number of rotatable bonds is 10. The number of imidazole rings is 1. The first-order valence-corrected chi connectivity index (χ1v) is 11.0. The van der Waals surface area contributed by atoms with E-state index >= 15 is 0 Å². The van der Waals surface area contributed by atoms with Crippen molar-refractivity contribution in [3.63, 3.8) is 0 Å². The lowest BCUT2D eigenvalue weighted by molar-refractivity contribution is -0.145. The quantitative estimate of drug-likeness (QED) is 0.476. The van der Waals surface area contributed by atoms with Gasteiger partial charge in [-0.3, -0.25) is 19.1 Å². The highest BCUT2D eigenvalue weighted by Crippen LogP contribution is 2.17. The second-order valence-electron chi connectivity index (χ2n) is 8.43. The van der Waals surface area contributed by atoms with E-state index < -0.39 is 11.2 Å². The largest absolute Gasteiger partial charge is 0.461 e. The van der Waals surface area contributed by atoms with Gasteiger partial charge in [0, 0.05) is 19.5 Å². The van der Waals surface area contributed by atoms with Crippen molar-refractivity contribution in [2.24, 2.45) is 5.92 Å². The lowest BCUT2D eigenvalue weighted by Gasteiger charge is -2.11. The minimum Gasteiger partial charge on any atom is -0.461 e. The molecule has 3 rings (SSSR count). The molecule has 0 fully saturated rings. The summed E-state index contributed by atoms with van der Waals surface area (Å²) in [6, 6.07) is 0. The number of fused-ring (bicyclic) bond motifs is 1. The predicted octanol–water partition coefficient (Wildman–Crippen LogP) is 2.62. The zero-order valence-electron chi connectivity index (χ0n) is 19.4. The molecule has 0 bridgehead atoms. The number of aromatic amines is 1. The van der Waals surface area contributed by atoms with E-state index in [-0.39, 0.29) is 24.9 Å². The van der Waals surface area contributed by atoms with Crippen molar-refractivity contribution in [3.05, 3.63) is 43.7 Å². The minimum absolute atomic E-state index is 0.0959. The van der Waals surface area contributed by atoms with Gasteiger partial charge < -0.3 is 13.8 Å². The van der Waals surface area contributed by atoms with Crippen LogP contribution in [0, 0.1) is 19.8 Å². The third-order valence-corrected chi connectivity index (χ3v) is 5.36. The van der Waals surface area contributed by atoms with Gasteiger partial charge in [-0.1, -0.05) is 32.3 Å². The Hall–Kier alpha value is -3.17. The predicted molar refractivity (Wildman–Crippen MR) is 118 cm³/mol. The fraction of sp³-hybridized carbons (Fsp3) is 0.591. The highest BCUT2D eigenvalue weighted by molar-refractivity contribution is 5.72. The van der Waals surface area contributed by atoms with Gasteiger partial charge in [-0.15, -0.1) is 0 Å². The van der Waals surface area contributed by atoms with Gasteiger partial charge in [0.15, 0.2) is 11.2 Å². The molecule has 0 aliphatic heterocycles. The number of nitrogens with zero attached hydrogens (tertiary/aromatic N) is 4. The number of hydrogen-bond donors (Lipinski definition) is 1. The Morgan fingerprint density at radius 1 is 1.22 bits per heavy atom. The molecule has 0 aliphatic rings. The van der Waals surface area contributed by atoms with Crippen molar-refractivity contribution < 1.29 is 14.1 Å². The van der Waals surface area contributed by atoms with Crippen molar-refractivity contribution in [3.8, 4) is 0 Å². The number of ether oxygens (including phenoxy) is 1. The summed E-state index contributed by atoms with van der Waals surface area (Å²) in [6.45, 7) is 10.8. The van der Waals surface area contributed by atoms with Crippen molar-refractivity contribution in [1.82, 2.24) is 24.3 Å². The highest BCUT2D eigenvalue weighted by atomic mass is 16.5. The molecule has 0 aliphatic carbocycles. The van der Waals surface area contributed by atoms with Crippen LogP contribution in [0.25, 0.3) is 11.2 Å². The van der Waals surface area contributed by atoms with Crippen LogP contribution in [-0.4, -0.2) is 30.2 Å². The highest BCUT2D eigenvalue weighted by Gasteiger charge is 2.20. The number of nitrogens with one attached hydrogen (secondary N) is 1. The van der Waals surface area contributed by atoms with Crippen molar-refractivity contribution in [1.29, 1.82) is 0 Å². The molecule has 0 saturated carbocycles. The molecule has 10 nitrogen and oxygen atoms in total. The summed E-state index contributed by atoms with van der Waals surface area (Å²) in [6.07, 6.45) is 2.09. The third-order valence-electron chi connectivity index (χ3n) is 5.36. The van der Waals surface area contributed by atoms with Gasteiger partial charge >= 0.3 is 11.7 Å². The first-order chi connectivity index (χ1) is 15.2. The smallest absolute Gasteiger partial charge is 0.330 e. The molecule has 0 spiro atoms. The summed E-state index contributed by atoms with van der Waals surface area (Å²) in [4.78, 5) is 44.4. The second kappa shape index (κ2) is 9.97. The van der Waals surface area contributed by atoms with Crippen LogP contribution in [0.4, 0.5) is 0 Å². The summed E-state index contributed by atoms with van der Waals surface area (Å²) in [7, 11) is 0. The summed E-state index contributed by atoms with van der Waals surface area (Å²) in [5.41, 5.74) is 1.27. The third kappa shape index (κ3) is 5.00. The lowest BCUT2D eigenvalue weighted by Crippen LogP contribution is -2.31. The summed E-state index contributed by atoms with van der Waals surface area (Å²) in [5.74, 6) is 1.07. The van der Waals surface area contributed by atoms with Crippen LogP contribution in [0.3, 0.4) is 0 Å². The Morgan fingerprint density at radius 3 is 2.59 bits per heavy atom. The maximum absolute atomic E-state index is 12.6. The van der Waals surface area contributed by atoms with Crippen LogP contribution in [0.5, 0.6) is 0 Å². The van der Waals surface area contributed by atoms with Gasteiger partial charge in [0.1, 0.15) is 18.2 Å². The standard InChI is InChI=1S/C22H31N5O5/c1-6-7-10-26-20-19(21(29)24-22(26)30)27(11-13(2)3)17(23-20)8-9-18(28)31-12-16-14(4)25-32-15(16)5/h13H,6-12H2,1-5H3,(H,24,29,30). The molecule has 0 saturated heterocycles. The first kappa shape index (κ1) is 23.5. The number of unbranched alkanes of at least 4 members (excludes halogenated alkanes) is 1. The Morgan fingerprint density at radius 2 is 1.97 bits per heavy atom. The summed E-state index contributed by atoms with van der Waals surface area (Å²) in [5, 5.41) is 3.86. The maximum atomic E-state index is 12.6. The SMILES string of the molecule is CCCCn1c(=O)[nH]c(=O)c2c1nc(CCC(=O)OCc1c(C)noc1C)n2CC(C)C. The summed E-state index contributed by atoms with van der Waals surface area (Å²) >= 11 is 0. The van der Waals surface area contributed by atoms with E-state index in [9.17, 15) is 14.4 Å². The van der Waals surface area contributed by atoms with Crippen LogP contribution >= 0.6 is 0 Å². The molecule has 0 amide bonds. The zero-order valence-corrected chi connectivity index (χ0v) is 19.4. The minimum atomic E-state index is -0.462. The van der Waals surface area contributed by atoms with Gasteiger partial charge in [0.25, 0.3) is 5.56 Å². The van der Waals surface area contributed by atoms with Gasteiger partial charge in [-0.25, -0.2) is 9.78 Å². The van der Waals surface area contributed by atoms with E-state index in [2.05, 4.69) is 15.1 Å². The number of carbonyl (C=O) groups excluding carboxylic acids is 1. The van der Waals surface area contributed by atoms with E-state index in [0.717, 1.165) is 18.4 Å². The van der Waals surface area contributed by atoms with E-state index in [4.69, 9.17) is 9.26 Å². The number of carbonyl (C=O) groups is 1. The number of aromatic nitrogens is 5. The lowest BCUT2D eigenvalue weighted by atomic mass is 10.2. The molecule has 0 atom stereocenters. The van der Waals surface area contributed by atoms with Gasteiger partial charge in [-0.2, -0.15) is 0 Å². The van der Waals surface area contributed by atoms with Crippen molar-refractivity contribution in [2.75, 3.05) is 0 Å². The van der Waals surface area contributed by atoms with E-state index in [0.29, 0.717) is 48.0 Å². The Kier molecular flexibility index (Phi) is 7.32. The van der Waals surface area contributed by atoms with Gasteiger partial charge in [0.05, 0.1) is 17.7 Å². The molecule has 174 valence electrons. The Labute approximate surface area is 185 Å². The van der Waals surface area contributed by atoms with E-state index in [1.807, 2.05) is 25.3 Å². The van der Waals surface area contributed by atoms with Crippen LogP contribution < -0.4 is 11.2 Å². The van der Waals surface area contributed by atoms with Crippen LogP contribution in [0.2, 0.25) is 0 Å². The van der Waals surface area contributed by atoms with Crippen molar-refractivity contribution >= 4 is 17.1 Å². The maximum Gasteiger partial charge on any atom is 0.330 e. The molecule has 0 unspecified atom stereocenters. The molecule has 3 aromatic heterocycles. The fourth-order valence-electron chi connectivity index (χ4n) is 3.64. The van der Waals surface area contributed by atoms with E-state index in [1.165, 1.54) is 4.57 Å². The van der Waals surface area contributed by atoms with Gasteiger partial charge in [-0.05, 0) is 26.2 Å². The molecule has 0 aromatic carbocycles.